The van der Waals surface area contributed by atoms with Crippen molar-refractivity contribution in [3.05, 3.63) is 0 Å². The molecule has 0 aromatic heterocycles. The van der Waals surface area contributed by atoms with Gasteiger partial charge >= 0.3 is 18.1 Å². The van der Waals surface area contributed by atoms with Gasteiger partial charge in [-0.05, 0) is 96.7 Å². The lowest BCUT2D eigenvalue weighted by Crippen LogP contribution is -2.42. The Morgan fingerprint density at radius 3 is 1.07 bits per heavy atom. The van der Waals surface area contributed by atoms with Gasteiger partial charge in [0.25, 0.3) is 0 Å². The topological polar surface area (TPSA) is 76.2 Å². The molecular formula is C61H117F3N2O5. The van der Waals surface area contributed by atoms with E-state index in [4.69, 9.17) is 9.47 Å². The van der Waals surface area contributed by atoms with Crippen LogP contribution < -0.4 is 0 Å². The summed E-state index contributed by atoms with van der Waals surface area (Å²) in [5, 5.41) is 0. The van der Waals surface area contributed by atoms with Crippen LogP contribution in [0.1, 0.15) is 310 Å². The predicted octanol–water partition coefficient (Wildman–Crippen LogP) is 18.9. The maximum atomic E-state index is 13.6. The van der Waals surface area contributed by atoms with Crippen LogP contribution in [0.4, 0.5) is 13.2 Å². The summed E-state index contributed by atoms with van der Waals surface area (Å²) in [4.78, 5) is 43.1. The molecule has 2 unspecified atom stereocenters. The maximum absolute atomic E-state index is 13.6. The molecule has 0 fully saturated rings. The Bertz CT molecular complexity index is 1120. The molecule has 0 rings (SSSR count). The first-order chi connectivity index (χ1) is 34.4. The molecule has 7 nitrogen and oxygen atoms in total. The second-order valence-corrected chi connectivity index (χ2v) is 22.1. The van der Waals surface area contributed by atoms with Gasteiger partial charge in [-0.25, -0.2) is 0 Å². The lowest BCUT2D eigenvalue weighted by atomic mass is 9.95. The average Bonchev–Trinajstić information content (AvgIpc) is 3.33. The standard InChI is InChI=1S/C61H117F3N2O5/c1-7-11-15-19-25-33-43-55(41-31-17-13-9-3)53-70-59(68)48-37-29-23-21-27-35-45-57(66(52-40-51-65(5)6)58(67)47-39-50-61(62,63)64)46-36-28-22-24-30-38-49-60(69)71-54-56(42-32-18-14-10-4)44-34-26-20-16-12-8-2/h55-57H,7-54H2,1-6H3. The van der Waals surface area contributed by atoms with Crippen molar-refractivity contribution in [1.29, 1.82) is 0 Å². The fraction of sp³-hybridized carbons (Fsp3) is 0.951. The molecule has 0 aliphatic heterocycles. The number of hydrogen-bond acceptors (Lipinski definition) is 6. The molecule has 0 aromatic carbocycles. The van der Waals surface area contributed by atoms with Crippen molar-refractivity contribution in [3.8, 4) is 0 Å². The number of unbranched alkanes of at least 4 members (excludes halogenated alkanes) is 26. The Morgan fingerprint density at radius 1 is 0.394 bits per heavy atom. The molecule has 0 saturated carbocycles. The lowest BCUT2D eigenvalue weighted by molar-refractivity contribution is -0.146. The van der Waals surface area contributed by atoms with Gasteiger partial charge in [0.05, 0.1) is 13.2 Å². The van der Waals surface area contributed by atoms with E-state index < -0.39 is 12.6 Å². The van der Waals surface area contributed by atoms with E-state index in [9.17, 15) is 27.6 Å². The second kappa shape index (κ2) is 50.3. The van der Waals surface area contributed by atoms with E-state index in [0.29, 0.717) is 44.4 Å². The second-order valence-electron chi connectivity index (χ2n) is 22.1. The molecule has 10 heteroatoms. The number of alkyl halides is 3. The third-order valence-corrected chi connectivity index (χ3v) is 14.8. The van der Waals surface area contributed by atoms with Crippen LogP contribution in [0.15, 0.2) is 0 Å². The number of ether oxygens (including phenoxy) is 2. The highest BCUT2D eigenvalue weighted by molar-refractivity contribution is 5.76. The number of carbonyl (C=O) groups excluding carboxylic acids is 3. The number of rotatable bonds is 54. The highest BCUT2D eigenvalue weighted by atomic mass is 19.4. The molecule has 422 valence electrons. The van der Waals surface area contributed by atoms with Crippen LogP contribution in [-0.2, 0) is 23.9 Å². The van der Waals surface area contributed by atoms with Gasteiger partial charge in [0.15, 0.2) is 0 Å². The molecule has 0 saturated heterocycles. The summed E-state index contributed by atoms with van der Waals surface area (Å²) >= 11 is 0. The van der Waals surface area contributed by atoms with E-state index in [2.05, 4.69) is 32.6 Å². The lowest BCUT2D eigenvalue weighted by Gasteiger charge is -2.33. The van der Waals surface area contributed by atoms with E-state index >= 15 is 0 Å². The minimum atomic E-state index is -4.26. The van der Waals surface area contributed by atoms with Gasteiger partial charge < -0.3 is 19.3 Å². The Morgan fingerprint density at radius 2 is 0.718 bits per heavy atom. The van der Waals surface area contributed by atoms with E-state index in [1.165, 1.54) is 128 Å². The maximum Gasteiger partial charge on any atom is 0.389 e. The van der Waals surface area contributed by atoms with Crippen molar-refractivity contribution in [3.63, 3.8) is 0 Å². The molecule has 0 aromatic rings. The summed E-state index contributed by atoms with van der Waals surface area (Å²) in [6.45, 7) is 11.5. The summed E-state index contributed by atoms with van der Waals surface area (Å²) in [7, 11) is 4.01. The van der Waals surface area contributed by atoms with Crippen LogP contribution in [0, 0.1) is 11.8 Å². The SMILES string of the molecule is CCCCCCCCC(CCCCCC)COC(=O)CCCCCCCCC(CCCCCCCCC(=O)OCC(CCCCCC)CCCCCCCC)N(CCCN(C)C)C(=O)CCCC(F)(F)F. The third-order valence-electron chi connectivity index (χ3n) is 14.8. The number of amides is 1. The van der Waals surface area contributed by atoms with E-state index in [0.717, 1.165) is 129 Å². The summed E-state index contributed by atoms with van der Waals surface area (Å²) in [6.07, 6.45) is 40.0. The Hall–Kier alpha value is -1.84. The van der Waals surface area contributed by atoms with Gasteiger partial charge in [-0.15, -0.1) is 0 Å². The molecule has 0 bridgehead atoms. The van der Waals surface area contributed by atoms with Crippen LogP contribution >= 0.6 is 0 Å². The molecule has 0 N–H and O–H groups in total. The minimum Gasteiger partial charge on any atom is -0.465 e. The van der Waals surface area contributed by atoms with Crippen molar-refractivity contribution < 1.29 is 37.0 Å². The molecule has 71 heavy (non-hydrogen) atoms. The van der Waals surface area contributed by atoms with Crippen molar-refractivity contribution in [2.24, 2.45) is 11.8 Å². The number of carbonyl (C=O) groups is 3. The van der Waals surface area contributed by atoms with E-state index in [-0.39, 0.29) is 36.7 Å². The molecule has 0 radical (unpaired) electrons. The van der Waals surface area contributed by atoms with E-state index in [1.807, 2.05) is 19.0 Å². The molecule has 2 atom stereocenters. The smallest absolute Gasteiger partial charge is 0.389 e. The van der Waals surface area contributed by atoms with Gasteiger partial charge in [0, 0.05) is 38.3 Å². The Kier molecular flexibility index (Phi) is 49.0. The van der Waals surface area contributed by atoms with Crippen molar-refractivity contribution >= 4 is 17.8 Å². The summed E-state index contributed by atoms with van der Waals surface area (Å²) in [5.74, 6) is 0.688. The zero-order valence-electron chi connectivity index (χ0n) is 47.7. The van der Waals surface area contributed by atoms with Crippen molar-refractivity contribution in [1.82, 2.24) is 9.80 Å². The largest absolute Gasteiger partial charge is 0.465 e. The first-order valence-corrected chi connectivity index (χ1v) is 30.7. The quantitative estimate of drug-likeness (QED) is 0.0446. The fourth-order valence-electron chi connectivity index (χ4n) is 10.2. The van der Waals surface area contributed by atoms with Crippen LogP contribution in [0.25, 0.3) is 0 Å². The highest BCUT2D eigenvalue weighted by Crippen LogP contribution is 2.26. The summed E-state index contributed by atoms with van der Waals surface area (Å²) < 4.78 is 50.9. The van der Waals surface area contributed by atoms with Crippen molar-refractivity contribution in [2.75, 3.05) is 40.4 Å². The first kappa shape index (κ1) is 69.2. The fourth-order valence-corrected chi connectivity index (χ4v) is 10.2. The van der Waals surface area contributed by atoms with Gasteiger partial charge in [-0.3, -0.25) is 14.4 Å². The van der Waals surface area contributed by atoms with Crippen LogP contribution in [0.5, 0.6) is 0 Å². The van der Waals surface area contributed by atoms with Gasteiger partial charge in [0.1, 0.15) is 0 Å². The molecule has 1 amide bonds. The summed E-state index contributed by atoms with van der Waals surface area (Å²) in [6, 6.07) is 0.0214. The molecular weight excluding hydrogens is 898 g/mol. The number of halogens is 3. The van der Waals surface area contributed by atoms with Gasteiger partial charge in [-0.1, -0.05) is 220 Å². The molecule has 0 aliphatic carbocycles. The van der Waals surface area contributed by atoms with Gasteiger partial charge in [0.2, 0.25) is 5.91 Å². The molecule has 0 spiro atoms. The Labute approximate surface area is 437 Å². The predicted molar refractivity (Wildman–Crippen MR) is 295 cm³/mol. The monoisotopic (exact) mass is 1010 g/mol. The summed E-state index contributed by atoms with van der Waals surface area (Å²) in [5.41, 5.74) is 0. The third kappa shape index (κ3) is 47.6. The molecule has 0 aliphatic rings. The molecule has 0 heterocycles. The first-order valence-electron chi connectivity index (χ1n) is 30.7. The van der Waals surface area contributed by atoms with Crippen LogP contribution in [0.2, 0.25) is 0 Å². The van der Waals surface area contributed by atoms with Crippen LogP contribution in [-0.4, -0.2) is 80.3 Å². The average molecular weight is 1020 g/mol. The van der Waals surface area contributed by atoms with Gasteiger partial charge in [-0.2, -0.15) is 13.2 Å². The van der Waals surface area contributed by atoms with Crippen LogP contribution in [0.3, 0.4) is 0 Å². The number of esters is 2. The van der Waals surface area contributed by atoms with E-state index in [1.54, 1.807) is 0 Å². The number of nitrogens with zero attached hydrogens (tertiary/aromatic N) is 2. The zero-order valence-corrected chi connectivity index (χ0v) is 47.7. The minimum absolute atomic E-state index is 0.0214. The normalized spacial score (nSPS) is 13.2. The van der Waals surface area contributed by atoms with Crippen molar-refractivity contribution in [2.45, 2.75) is 322 Å². The highest BCUT2D eigenvalue weighted by Gasteiger charge is 2.29. The zero-order chi connectivity index (χ0) is 52.5. The number of hydrogen-bond donors (Lipinski definition) is 0. The Balaban J connectivity index is 5.01.